The lowest BCUT2D eigenvalue weighted by atomic mass is 9.66. The lowest BCUT2D eigenvalue weighted by Crippen LogP contribution is -2.60. The number of hydrogen-bond donors (Lipinski definition) is 1. The highest BCUT2D eigenvalue weighted by Gasteiger charge is 2.48. The molecule has 0 aromatic carbocycles. The van der Waals surface area contributed by atoms with Crippen LogP contribution in [0.3, 0.4) is 0 Å². The van der Waals surface area contributed by atoms with Gasteiger partial charge in [0.05, 0.1) is 0 Å². The van der Waals surface area contributed by atoms with E-state index >= 15 is 0 Å². The van der Waals surface area contributed by atoms with Crippen LogP contribution in [-0.4, -0.2) is 29.1 Å². The van der Waals surface area contributed by atoms with Gasteiger partial charge in [0.15, 0.2) is 0 Å². The van der Waals surface area contributed by atoms with Crippen LogP contribution >= 0.6 is 0 Å². The van der Waals surface area contributed by atoms with Crippen molar-refractivity contribution in [3.8, 4) is 0 Å². The van der Waals surface area contributed by atoms with Gasteiger partial charge in [0.2, 0.25) is 0 Å². The summed E-state index contributed by atoms with van der Waals surface area (Å²) in [4.78, 5) is 2.76. The third kappa shape index (κ3) is 2.85. The Labute approximate surface area is 120 Å². The van der Waals surface area contributed by atoms with E-state index in [1.165, 1.54) is 45.1 Å². The van der Waals surface area contributed by atoms with E-state index in [1.807, 2.05) is 0 Å². The lowest BCUT2D eigenvalue weighted by molar-refractivity contribution is -0.0155. The second-order valence-corrected chi connectivity index (χ2v) is 8.64. The molecule has 0 spiro atoms. The molecule has 0 amide bonds. The molecule has 2 heteroatoms. The molecule has 2 rings (SSSR count). The topological polar surface area (TPSA) is 29.3 Å². The fourth-order valence-corrected chi connectivity index (χ4v) is 4.59. The van der Waals surface area contributed by atoms with E-state index in [2.05, 4.69) is 39.5 Å². The smallest absolute Gasteiger partial charge is 0.0337 e. The van der Waals surface area contributed by atoms with E-state index in [1.54, 1.807) is 0 Å². The van der Waals surface area contributed by atoms with E-state index in [0.717, 1.165) is 12.5 Å². The molecule has 2 fully saturated rings. The number of nitrogens with zero attached hydrogens (tertiary/aromatic N) is 1. The van der Waals surface area contributed by atoms with Crippen molar-refractivity contribution in [2.75, 3.05) is 13.1 Å². The molecule has 0 unspecified atom stereocenters. The molecule has 2 N–H and O–H groups in total. The monoisotopic (exact) mass is 266 g/mol. The molecule has 1 saturated carbocycles. The maximum Gasteiger partial charge on any atom is 0.0337 e. The highest BCUT2D eigenvalue weighted by molar-refractivity contribution is 5.04. The Balaban J connectivity index is 2.10. The third-order valence-corrected chi connectivity index (χ3v) is 5.99. The van der Waals surface area contributed by atoms with Gasteiger partial charge in [-0.1, -0.05) is 20.8 Å². The third-order valence-electron chi connectivity index (χ3n) is 5.99. The first-order chi connectivity index (χ1) is 8.71. The van der Waals surface area contributed by atoms with Crippen LogP contribution in [0.4, 0.5) is 0 Å². The van der Waals surface area contributed by atoms with Gasteiger partial charge in [0.25, 0.3) is 0 Å². The maximum absolute atomic E-state index is 6.25. The molecule has 1 saturated heterocycles. The van der Waals surface area contributed by atoms with Crippen molar-refractivity contribution in [1.82, 2.24) is 4.90 Å². The van der Waals surface area contributed by atoms with Crippen LogP contribution in [-0.2, 0) is 0 Å². The minimum atomic E-state index is 0.293. The first-order valence-electron chi connectivity index (χ1n) is 8.19. The summed E-state index contributed by atoms with van der Waals surface area (Å²) in [5.41, 5.74) is 7.36. The Morgan fingerprint density at radius 1 is 1.11 bits per heavy atom. The number of rotatable bonds is 2. The number of nitrogens with two attached hydrogens (primary N) is 1. The van der Waals surface area contributed by atoms with E-state index in [-0.39, 0.29) is 0 Å². The van der Waals surface area contributed by atoms with Crippen molar-refractivity contribution < 1.29 is 0 Å². The van der Waals surface area contributed by atoms with Crippen molar-refractivity contribution in [3.05, 3.63) is 0 Å². The maximum atomic E-state index is 6.25. The Hall–Kier alpha value is -0.0800. The van der Waals surface area contributed by atoms with E-state index in [9.17, 15) is 0 Å². The summed E-state index contributed by atoms with van der Waals surface area (Å²) in [6.45, 7) is 14.1. The standard InChI is InChI=1S/C17H34N2/c1-15(2,3)14-7-10-17(13-18,11-8-14)19-12-6-9-16(19,4)5/h14H,6-13,18H2,1-5H3. The van der Waals surface area contributed by atoms with Crippen molar-refractivity contribution in [3.63, 3.8) is 0 Å². The molecular formula is C17H34N2. The quantitative estimate of drug-likeness (QED) is 0.824. The molecule has 19 heavy (non-hydrogen) atoms. The molecule has 1 heterocycles. The molecule has 0 bridgehead atoms. The molecule has 112 valence electrons. The summed E-state index contributed by atoms with van der Waals surface area (Å²) in [7, 11) is 0. The average Bonchev–Trinajstić information content (AvgIpc) is 2.68. The van der Waals surface area contributed by atoms with Crippen LogP contribution in [0.25, 0.3) is 0 Å². The highest BCUT2D eigenvalue weighted by Crippen LogP contribution is 2.47. The molecule has 2 aliphatic rings. The van der Waals surface area contributed by atoms with Crippen molar-refractivity contribution >= 4 is 0 Å². The molecule has 1 aliphatic heterocycles. The molecule has 1 aliphatic carbocycles. The van der Waals surface area contributed by atoms with E-state index in [0.29, 0.717) is 16.5 Å². The van der Waals surface area contributed by atoms with Gasteiger partial charge in [0.1, 0.15) is 0 Å². The molecule has 2 nitrogen and oxygen atoms in total. The van der Waals surface area contributed by atoms with Gasteiger partial charge >= 0.3 is 0 Å². The van der Waals surface area contributed by atoms with Crippen LogP contribution in [0.15, 0.2) is 0 Å². The highest BCUT2D eigenvalue weighted by atomic mass is 15.3. The Morgan fingerprint density at radius 2 is 1.68 bits per heavy atom. The van der Waals surface area contributed by atoms with Gasteiger partial charge in [0, 0.05) is 17.6 Å². The summed E-state index contributed by atoms with van der Waals surface area (Å²) in [5, 5.41) is 0. The Kier molecular flexibility index (Phi) is 4.06. The molecule has 0 aromatic rings. The first kappa shape index (κ1) is 15.3. The SMILES string of the molecule is CC(C)(C)C1CCC(CN)(N2CCCC2(C)C)CC1. The molecule has 0 radical (unpaired) electrons. The Bertz CT molecular complexity index is 306. The van der Waals surface area contributed by atoms with Crippen LogP contribution in [0, 0.1) is 11.3 Å². The van der Waals surface area contributed by atoms with Gasteiger partial charge in [-0.2, -0.15) is 0 Å². The zero-order valence-electron chi connectivity index (χ0n) is 13.8. The normalized spacial score (nSPS) is 36.6. The van der Waals surface area contributed by atoms with Gasteiger partial charge < -0.3 is 5.73 Å². The second-order valence-electron chi connectivity index (χ2n) is 8.64. The van der Waals surface area contributed by atoms with Crippen molar-refractivity contribution in [2.45, 2.75) is 84.2 Å². The predicted octanol–water partition coefficient (Wildman–Crippen LogP) is 3.79. The van der Waals surface area contributed by atoms with Crippen molar-refractivity contribution in [1.29, 1.82) is 0 Å². The molecule has 0 atom stereocenters. The summed E-state index contributed by atoms with van der Waals surface area (Å²) < 4.78 is 0. The molecule has 0 aromatic heterocycles. The predicted molar refractivity (Wildman–Crippen MR) is 83.2 cm³/mol. The summed E-state index contributed by atoms with van der Waals surface area (Å²) in [6.07, 6.45) is 7.99. The van der Waals surface area contributed by atoms with Crippen LogP contribution in [0.2, 0.25) is 0 Å². The minimum Gasteiger partial charge on any atom is -0.329 e. The van der Waals surface area contributed by atoms with Gasteiger partial charge in [-0.15, -0.1) is 0 Å². The van der Waals surface area contributed by atoms with Crippen LogP contribution in [0.1, 0.15) is 73.1 Å². The summed E-state index contributed by atoms with van der Waals surface area (Å²) >= 11 is 0. The van der Waals surface area contributed by atoms with Gasteiger partial charge in [-0.05, 0) is 70.3 Å². The number of hydrogen-bond acceptors (Lipinski definition) is 2. The zero-order valence-corrected chi connectivity index (χ0v) is 13.8. The average molecular weight is 266 g/mol. The van der Waals surface area contributed by atoms with Crippen LogP contribution in [0.5, 0.6) is 0 Å². The van der Waals surface area contributed by atoms with Gasteiger partial charge in [-0.25, -0.2) is 0 Å². The van der Waals surface area contributed by atoms with E-state index < -0.39 is 0 Å². The fourth-order valence-electron chi connectivity index (χ4n) is 4.59. The number of likely N-dealkylation sites (tertiary alicyclic amines) is 1. The van der Waals surface area contributed by atoms with Gasteiger partial charge in [-0.3, -0.25) is 4.90 Å². The first-order valence-corrected chi connectivity index (χ1v) is 8.19. The Morgan fingerprint density at radius 3 is 2.05 bits per heavy atom. The minimum absolute atomic E-state index is 0.293. The zero-order chi connectivity index (χ0) is 14.3. The summed E-state index contributed by atoms with van der Waals surface area (Å²) in [6, 6.07) is 0. The largest absolute Gasteiger partial charge is 0.329 e. The summed E-state index contributed by atoms with van der Waals surface area (Å²) in [5.74, 6) is 0.873. The second kappa shape index (κ2) is 5.04. The lowest BCUT2D eigenvalue weighted by Gasteiger charge is -2.52. The van der Waals surface area contributed by atoms with Crippen molar-refractivity contribution in [2.24, 2.45) is 17.1 Å². The van der Waals surface area contributed by atoms with Crippen LogP contribution < -0.4 is 5.73 Å². The fraction of sp³-hybridized carbons (Fsp3) is 1.00. The van der Waals surface area contributed by atoms with E-state index in [4.69, 9.17) is 5.73 Å². The molecular weight excluding hydrogens is 232 g/mol.